The van der Waals surface area contributed by atoms with Crippen molar-refractivity contribution in [1.29, 1.82) is 0 Å². The van der Waals surface area contributed by atoms with E-state index in [1.165, 1.54) is 18.0 Å². The number of hydrogen-bond donors (Lipinski definition) is 1. The van der Waals surface area contributed by atoms with Gasteiger partial charge in [0.05, 0.1) is 33.2 Å². The van der Waals surface area contributed by atoms with E-state index in [0.29, 0.717) is 49.3 Å². The third-order valence-electron chi connectivity index (χ3n) is 4.40. The summed E-state index contributed by atoms with van der Waals surface area (Å²) in [6.07, 6.45) is 1.37. The molecule has 11 heteroatoms. The van der Waals surface area contributed by atoms with Crippen molar-refractivity contribution in [2.45, 2.75) is 26.9 Å². The van der Waals surface area contributed by atoms with Crippen LogP contribution in [0.1, 0.15) is 17.1 Å². The molecule has 0 radical (unpaired) electrons. The van der Waals surface area contributed by atoms with Crippen LogP contribution in [0.4, 0.5) is 5.95 Å². The molecule has 1 N–H and O–H groups in total. The van der Waals surface area contributed by atoms with Gasteiger partial charge in [-0.15, -0.1) is 0 Å². The van der Waals surface area contributed by atoms with Crippen LogP contribution in [0.3, 0.4) is 0 Å². The fourth-order valence-electron chi connectivity index (χ4n) is 2.64. The first-order valence-electron chi connectivity index (χ1n) is 8.89. The molecule has 0 spiro atoms. The Balaban J connectivity index is 1.67. The standard InChI is InChI=1S/C17H23N7O4/c1-11-12(2)19-10-24(15(11)26)9-14(25)18-8-13-20-16(22-17(21-13)27-3)23-4-6-28-7-5-23/h10H,4-9H2,1-3H3,(H,18,25). The van der Waals surface area contributed by atoms with Crippen LogP contribution in [0.25, 0.3) is 0 Å². The predicted octanol–water partition coefficient (Wildman–Crippen LogP) is -0.793. The molecule has 0 aliphatic carbocycles. The number of nitrogens with zero attached hydrogens (tertiary/aromatic N) is 6. The molecule has 1 saturated heterocycles. The van der Waals surface area contributed by atoms with Crippen LogP contribution in [0.2, 0.25) is 0 Å². The number of nitrogens with one attached hydrogen (secondary N) is 1. The molecule has 1 fully saturated rings. The SMILES string of the molecule is COc1nc(CNC(=O)Cn2cnc(C)c(C)c2=O)nc(N2CCOCC2)n1. The van der Waals surface area contributed by atoms with E-state index in [-0.39, 0.29) is 30.6 Å². The van der Waals surface area contributed by atoms with Crippen molar-refractivity contribution in [3.8, 4) is 6.01 Å². The third kappa shape index (κ3) is 4.60. The van der Waals surface area contributed by atoms with Crippen LogP contribution in [-0.4, -0.2) is 63.8 Å². The lowest BCUT2D eigenvalue weighted by Crippen LogP contribution is -2.38. The molecule has 3 rings (SSSR count). The summed E-state index contributed by atoms with van der Waals surface area (Å²) in [6.45, 7) is 5.92. The third-order valence-corrected chi connectivity index (χ3v) is 4.40. The molecule has 0 atom stereocenters. The Kier molecular flexibility index (Phi) is 6.14. The van der Waals surface area contributed by atoms with Crippen LogP contribution in [0.5, 0.6) is 6.01 Å². The summed E-state index contributed by atoms with van der Waals surface area (Å²) >= 11 is 0. The normalized spacial score (nSPS) is 14.0. The van der Waals surface area contributed by atoms with E-state index < -0.39 is 0 Å². The lowest BCUT2D eigenvalue weighted by molar-refractivity contribution is -0.121. The van der Waals surface area contributed by atoms with Gasteiger partial charge >= 0.3 is 6.01 Å². The zero-order valence-electron chi connectivity index (χ0n) is 16.1. The molecule has 28 heavy (non-hydrogen) atoms. The summed E-state index contributed by atoms with van der Waals surface area (Å²) in [4.78, 5) is 43.3. The monoisotopic (exact) mass is 389 g/mol. The molecule has 150 valence electrons. The number of morpholine rings is 1. The van der Waals surface area contributed by atoms with E-state index in [9.17, 15) is 9.59 Å². The molecule has 3 heterocycles. The second-order valence-electron chi connectivity index (χ2n) is 6.30. The Bertz CT molecular complexity index is 909. The van der Waals surface area contributed by atoms with Crippen molar-refractivity contribution in [2.24, 2.45) is 0 Å². The van der Waals surface area contributed by atoms with Gasteiger partial charge in [0.15, 0.2) is 5.82 Å². The van der Waals surface area contributed by atoms with Gasteiger partial charge in [0.1, 0.15) is 6.54 Å². The zero-order valence-corrected chi connectivity index (χ0v) is 16.1. The Labute approximate surface area is 161 Å². The molecule has 1 aliphatic rings. The second kappa shape index (κ2) is 8.74. The van der Waals surface area contributed by atoms with Crippen molar-refractivity contribution in [2.75, 3.05) is 38.3 Å². The highest BCUT2D eigenvalue weighted by molar-refractivity contribution is 5.75. The number of methoxy groups -OCH3 is 1. The topological polar surface area (TPSA) is 124 Å². The van der Waals surface area contributed by atoms with Crippen LogP contribution >= 0.6 is 0 Å². The highest BCUT2D eigenvalue weighted by Gasteiger charge is 2.17. The summed E-state index contributed by atoms with van der Waals surface area (Å²) in [5.74, 6) is 0.501. The van der Waals surface area contributed by atoms with Gasteiger partial charge in [-0.3, -0.25) is 14.2 Å². The first-order valence-corrected chi connectivity index (χ1v) is 8.89. The van der Waals surface area contributed by atoms with Gasteiger partial charge in [0.25, 0.3) is 5.56 Å². The number of carbonyl (C=O) groups is 1. The summed E-state index contributed by atoms with van der Waals surface area (Å²) in [7, 11) is 1.47. The number of aryl methyl sites for hydroxylation is 1. The van der Waals surface area contributed by atoms with Gasteiger partial charge < -0.3 is 19.7 Å². The molecular weight excluding hydrogens is 366 g/mol. The Morgan fingerprint density at radius 2 is 2.00 bits per heavy atom. The van der Waals surface area contributed by atoms with Crippen molar-refractivity contribution >= 4 is 11.9 Å². The van der Waals surface area contributed by atoms with Gasteiger partial charge in [-0.2, -0.15) is 15.0 Å². The van der Waals surface area contributed by atoms with E-state index in [4.69, 9.17) is 9.47 Å². The van der Waals surface area contributed by atoms with E-state index in [1.54, 1.807) is 13.8 Å². The Morgan fingerprint density at radius 3 is 2.71 bits per heavy atom. The van der Waals surface area contributed by atoms with E-state index in [0.717, 1.165) is 0 Å². The first-order chi connectivity index (χ1) is 13.5. The maximum Gasteiger partial charge on any atom is 0.321 e. The highest BCUT2D eigenvalue weighted by Crippen LogP contribution is 2.13. The number of carbonyl (C=O) groups excluding carboxylic acids is 1. The molecule has 1 aliphatic heterocycles. The van der Waals surface area contributed by atoms with Crippen molar-refractivity contribution in [3.05, 3.63) is 33.8 Å². The lowest BCUT2D eigenvalue weighted by atomic mass is 10.3. The lowest BCUT2D eigenvalue weighted by Gasteiger charge is -2.26. The van der Waals surface area contributed by atoms with Gasteiger partial charge in [0.2, 0.25) is 11.9 Å². The zero-order chi connectivity index (χ0) is 20.1. The Morgan fingerprint density at radius 1 is 1.25 bits per heavy atom. The van der Waals surface area contributed by atoms with Crippen molar-refractivity contribution < 1.29 is 14.3 Å². The number of anilines is 1. The fourth-order valence-corrected chi connectivity index (χ4v) is 2.64. The molecule has 0 bridgehead atoms. The van der Waals surface area contributed by atoms with Crippen LogP contribution in [0, 0.1) is 13.8 Å². The summed E-state index contributed by atoms with van der Waals surface area (Å²) in [5.41, 5.74) is 0.932. The number of hydrogen-bond acceptors (Lipinski definition) is 9. The highest BCUT2D eigenvalue weighted by atomic mass is 16.5. The summed E-state index contributed by atoms with van der Waals surface area (Å²) in [6, 6.07) is 0.176. The van der Waals surface area contributed by atoms with Gasteiger partial charge in [-0.1, -0.05) is 0 Å². The molecule has 0 saturated carbocycles. The van der Waals surface area contributed by atoms with Gasteiger partial charge in [0, 0.05) is 24.3 Å². The minimum atomic E-state index is -0.348. The Hall–Kier alpha value is -3.08. The van der Waals surface area contributed by atoms with Gasteiger partial charge in [-0.25, -0.2) is 4.98 Å². The first kappa shape index (κ1) is 19.7. The minimum absolute atomic E-state index is 0.0854. The van der Waals surface area contributed by atoms with Crippen molar-refractivity contribution in [3.63, 3.8) is 0 Å². The average molecular weight is 389 g/mol. The number of aromatic nitrogens is 5. The van der Waals surface area contributed by atoms with E-state index in [1.807, 2.05) is 4.90 Å². The molecule has 2 aromatic heterocycles. The molecule has 2 aromatic rings. The number of amides is 1. The van der Waals surface area contributed by atoms with Crippen molar-refractivity contribution in [1.82, 2.24) is 29.8 Å². The summed E-state index contributed by atoms with van der Waals surface area (Å²) < 4.78 is 11.7. The smallest absolute Gasteiger partial charge is 0.321 e. The number of ether oxygens (including phenoxy) is 2. The predicted molar refractivity (Wildman–Crippen MR) is 99.2 cm³/mol. The summed E-state index contributed by atoms with van der Waals surface area (Å²) in [5, 5.41) is 2.71. The minimum Gasteiger partial charge on any atom is -0.467 e. The average Bonchev–Trinajstić information content (AvgIpc) is 2.73. The molecular formula is C17H23N7O4. The number of rotatable bonds is 6. The quantitative estimate of drug-likeness (QED) is 0.676. The fraction of sp³-hybridized carbons (Fsp3) is 0.529. The molecule has 0 unspecified atom stereocenters. The van der Waals surface area contributed by atoms with Gasteiger partial charge in [-0.05, 0) is 13.8 Å². The second-order valence-corrected chi connectivity index (χ2v) is 6.30. The maximum absolute atomic E-state index is 12.2. The molecule has 0 aromatic carbocycles. The largest absolute Gasteiger partial charge is 0.467 e. The van der Waals surface area contributed by atoms with E-state index >= 15 is 0 Å². The van der Waals surface area contributed by atoms with E-state index in [2.05, 4.69) is 25.3 Å². The van der Waals surface area contributed by atoms with Crippen LogP contribution in [-0.2, 0) is 22.6 Å². The molecule has 1 amide bonds. The maximum atomic E-state index is 12.2. The molecule has 11 nitrogen and oxygen atoms in total. The van der Waals surface area contributed by atoms with Crippen LogP contribution < -0.4 is 20.5 Å². The van der Waals surface area contributed by atoms with Crippen LogP contribution in [0.15, 0.2) is 11.1 Å².